The van der Waals surface area contributed by atoms with Crippen LogP contribution in [0.5, 0.6) is 0 Å². The predicted octanol–water partition coefficient (Wildman–Crippen LogP) is 0.935. The largest absolute Gasteiger partial charge is 0.481 e. The minimum Gasteiger partial charge on any atom is -0.481 e. The molecule has 0 saturated carbocycles. The number of halogens is 1. The molecule has 1 aromatic heterocycles. The lowest BCUT2D eigenvalue weighted by Gasteiger charge is -2.02. The highest BCUT2D eigenvalue weighted by molar-refractivity contribution is 14.1. The zero-order valence-corrected chi connectivity index (χ0v) is 10.5. The molecule has 0 radical (unpaired) electrons. The van der Waals surface area contributed by atoms with Gasteiger partial charge in [0.1, 0.15) is 0 Å². The number of carbonyl (C=O) groups is 1. The van der Waals surface area contributed by atoms with Crippen molar-refractivity contribution in [1.29, 1.82) is 0 Å². The van der Waals surface area contributed by atoms with Gasteiger partial charge in [-0.15, -0.1) is 0 Å². The Balaban J connectivity index is 2.91. The van der Waals surface area contributed by atoms with E-state index in [0.29, 0.717) is 3.57 Å². The molecule has 1 N–H and O–H groups in total. The van der Waals surface area contributed by atoms with Crippen molar-refractivity contribution in [1.82, 2.24) is 4.98 Å². The van der Waals surface area contributed by atoms with Crippen LogP contribution in [-0.4, -0.2) is 30.2 Å². The summed E-state index contributed by atoms with van der Waals surface area (Å²) < 4.78 is 23.9. The molecule has 0 aliphatic rings. The molecule has 1 rings (SSSR count). The van der Waals surface area contributed by atoms with Gasteiger partial charge in [0, 0.05) is 16.0 Å². The molecule has 82 valence electrons. The lowest BCUT2D eigenvalue weighted by Crippen LogP contribution is -2.11. The topological polar surface area (TPSA) is 84.3 Å². The van der Waals surface area contributed by atoms with Crippen molar-refractivity contribution < 1.29 is 18.3 Å². The summed E-state index contributed by atoms with van der Waals surface area (Å²) in [4.78, 5) is 14.1. The molecular formula is C8H8INO4S. The summed E-state index contributed by atoms with van der Waals surface area (Å²) in [6, 6.07) is 1.46. The van der Waals surface area contributed by atoms with Crippen LogP contribution in [-0.2, 0) is 14.6 Å². The average Bonchev–Trinajstić information content (AvgIpc) is 2.15. The van der Waals surface area contributed by atoms with Gasteiger partial charge in [0.25, 0.3) is 0 Å². The Kier molecular flexibility index (Phi) is 4.03. The van der Waals surface area contributed by atoms with Crippen molar-refractivity contribution in [3.8, 4) is 0 Å². The number of nitrogens with zero attached hydrogens (tertiary/aromatic N) is 1. The Bertz CT molecular complexity index is 471. The van der Waals surface area contributed by atoms with Crippen LogP contribution in [0.2, 0.25) is 0 Å². The number of sulfone groups is 1. The fourth-order valence-electron chi connectivity index (χ4n) is 0.902. The highest BCUT2D eigenvalue weighted by Crippen LogP contribution is 2.13. The molecule has 0 saturated heterocycles. The van der Waals surface area contributed by atoms with Crippen LogP contribution in [0.1, 0.15) is 6.42 Å². The first kappa shape index (κ1) is 12.4. The van der Waals surface area contributed by atoms with Gasteiger partial charge in [-0.3, -0.25) is 9.78 Å². The van der Waals surface area contributed by atoms with E-state index in [4.69, 9.17) is 5.11 Å². The first-order valence-electron chi connectivity index (χ1n) is 3.97. The zero-order chi connectivity index (χ0) is 11.5. The number of pyridine rings is 1. The third-order valence-corrected chi connectivity index (χ3v) is 3.90. The minimum atomic E-state index is -3.53. The first-order chi connectivity index (χ1) is 6.92. The second-order valence-electron chi connectivity index (χ2n) is 2.80. The van der Waals surface area contributed by atoms with Crippen molar-refractivity contribution in [3.05, 3.63) is 22.0 Å². The van der Waals surface area contributed by atoms with E-state index in [0.717, 1.165) is 0 Å². The summed E-state index contributed by atoms with van der Waals surface area (Å²) in [6.07, 6.45) is 2.35. The van der Waals surface area contributed by atoms with Gasteiger partial charge in [0.15, 0.2) is 9.84 Å². The van der Waals surface area contributed by atoms with E-state index in [2.05, 4.69) is 4.98 Å². The fraction of sp³-hybridized carbons (Fsp3) is 0.250. The van der Waals surface area contributed by atoms with E-state index in [9.17, 15) is 13.2 Å². The molecule has 0 fully saturated rings. The number of hydrogen-bond acceptors (Lipinski definition) is 4. The van der Waals surface area contributed by atoms with E-state index >= 15 is 0 Å². The molecule has 0 spiro atoms. The number of hydrogen-bond donors (Lipinski definition) is 1. The third-order valence-electron chi connectivity index (χ3n) is 1.62. The SMILES string of the molecule is O=C(O)CCS(=O)(=O)c1cncc(I)c1. The van der Waals surface area contributed by atoms with E-state index in [1.54, 1.807) is 0 Å². The lowest BCUT2D eigenvalue weighted by molar-refractivity contribution is -0.136. The third kappa shape index (κ3) is 3.74. The van der Waals surface area contributed by atoms with Crippen molar-refractivity contribution in [3.63, 3.8) is 0 Å². The van der Waals surface area contributed by atoms with Crippen LogP contribution in [0, 0.1) is 3.57 Å². The van der Waals surface area contributed by atoms with Gasteiger partial charge < -0.3 is 5.11 Å². The molecule has 0 amide bonds. The maximum Gasteiger partial charge on any atom is 0.304 e. The van der Waals surface area contributed by atoms with Gasteiger partial charge >= 0.3 is 5.97 Å². The molecular weight excluding hydrogens is 333 g/mol. The molecule has 1 heterocycles. The summed E-state index contributed by atoms with van der Waals surface area (Å²) in [5, 5.41) is 8.40. The quantitative estimate of drug-likeness (QED) is 0.824. The standard InChI is InChI=1S/C8H8INO4S/c9-6-3-7(5-10-4-6)15(13,14)2-1-8(11)12/h3-5H,1-2H2,(H,11,12). The normalized spacial score (nSPS) is 11.3. The highest BCUT2D eigenvalue weighted by Gasteiger charge is 2.16. The molecule has 0 bridgehead atoms. The Labute approximate surface area is 101 Å². The molecule has 1 aromatic rings. The van der Waals surface area contributed by atoms with Crippen LogP contribution in [0.15, 0.2) is 23.4 Å². The number of carboxylic acid groups (broad SMARTS) is 1. The Morgan fingerprint density at radius 1 is 1.47 bits per heavy atom. The van der Waals surface area contributed by atoms with Crippen LogP contribution in [0.3, 0.4) is 0 Å². The second-order valence-corrected chi connectivity index (χ2v) is 6.16. The predicted molar refractivity (Wildman–Crippen MR) is 61.3 cm³/mol. The van der Waals surface area contributed by atoms with Crippen molar-refractivity contribution in [2.24, 2.45) is 0 Å². The van der Waals surface area contributed by atoms with E-state index < -0.39 is 28.0 Å². The Morgan fingerprint density at radius 3 is 2.67 bits per heavy atom. The van der Waals surface area contributed by atoms with Crippen molar-refractivity contribution in [2.75, 3.05) is 5.75 Å². The van der Waals surface area contributed by atoms with Crippen LogP contribution in [0.4, 0.5) is 0 Å². The molecule has 0 aromatic carbocycles. The summed E-state index contributed by atoms with van der Waals surface area (Å²) in [7, 11) is -3.53. The van der Waals surface area contributed by atoms with E-state index in [1.807, 2.05) is 22.6 Å². The van der Waals surface area contributed by atoms with Gasteiger partial charge in [-0.25, -0.2) is 8.42 Å². The number of carboxylic acids is 1. The van der Waals surface area contributed by atoms with Crippen molar-refractivity contribution in [2.45, 2.75) is 11.3 Å². The summed E-state index contributed by atoms with van der Waals surface area (Å²) >= 11 is 1.94. The molecule has 0 aliphatic carbocycles. The smallest absolute Gasteiger partial charge is 0.304 e. The molecule has 0 aliphatic heterocycles. The molecule has 0 atom stereocenters. The summed E-state index contributed by atoms with van der Waals surface area (Å²) in [5.74, 6) is -1.53. The van der Waals surface area contributed by atoms with Gasteiger partial charge in [0.2, 0.25) is 0 Å². The van der Waals surface area contributed by atoms with Crippen LogP contribution in [0.25, 0.3) is 0 Å². The Hall–Kier alpha value is -0.700. The average molecular weight is 341 g/mol. The van der Waals surface area contributed by atoms with E-state index in [-0.39, 0.29) is 4.90 Å². The summed E-state index contributed by atoms with van der Waals surface area (Å²) in [6.45, 7) is 0. The van der Waals surface area contributed by atoms with Gasteiger partial charge in [0.05, 0.1) is 17.1 Å². The van der Waals surface area contributed by atoms with Crippen LogP contribution < -0.4 is 0 Å². The van der Waals surface area contributed by atoms with Gasteiger partial charge in [-0.1, -0.05) is 0 Å². The first-order valence-corrected chi connectivity index (χ1v) is 6.70. The number of aliphatic carboxylic acids is 1. The molecule has 5 nitrogen and oxygen atoms in total. The van der Waals surface area contributed by atoms with Crippen molar-refractivity contribution >= 4 is 38.4 Å². The Morgan fingerprint density at radius 2 is 2.13 bits per heavy atom. The molecule has 0 unspecified atom stereocenters. The highest BCUT2D eigenvalue weighted by atomic mass is 127. The lowest BCUT2D eigenvalue weighted by atomic mass is 10.5. The maximum atomic E-state index is 11.6. The monoisotopic (exact) mass is 341 g/mol. The molecule has 15 heavy (non-hydrogen) atoms. The molecule has 7 heteroatoms. The number of aromatic nitrogens is 1. The van der Waals surface area contributed by atoms with E-state index in [1.165, 1.54) is 18.5 Å². The van der Waals surface area contributed by atoms with Gasteiger partial charge in [-0.2, -0.15) is 0 Å². The second kappa shape index (κ2) is 4.88. The van der Waals surface area contributed by atoms with Crippen LogP contribution >= 0.6 is 22.6 Å². The fourth-order valence-corrected chi connectivity index (χ4v) is 2.82. The van der Waals surface area contributed by atoms with Gasteiger partial charge in [-0.05, 0) is 28.7 Å². The zero-order valence-electron chi connectivity index (χ0n) is 7.55. The number of rotatable bonds is 4. The summed E-state index contributed by atoms with van der Waals surface area (Å²) in [5.41, 5.74) is 0. The maximum absolute atomic E-state index is 11.6. The minimum absolute atomic E-state index is 0.0654.